The number of aliphatic hydroxyl groups excluding tert-OH is 1. The average molecular weight is 220 g/mol. The van der Waals surface area contributed by atoms with Crippen molar-refractivity contribution in [3.8, 4) is 11.3 Å². The molecule has 1 aliphatic carbocycles. The highest BCUT2D eigenvalue weighted by Gasteiger charge is 2.10. The van der Waals surface area contributed by atoms with E-state index in [0.29, 0.717) is 17.1 Å². The summed E-state index contributed by atoms with van der Waals surface area (Å²) in [6.45, 7) is 0.463. The van der Waals surface area contributed by atoms with Crippen molar-refractivity contribution in [3.63, 3.8) is 0 Å². The highest BCUT2D eigenvalue weighted by atomic mass is 16.5. The van der Waals surface area contributed by atoms with Crippen molar-refractivity contribution >= 4 is 5.69 Å². The van der Waals surface area contributed by atoms with Crippen LogP contribution in [0.1, 0.15) is 0 Å². The zero-order valence-corrected chi connectivity index (χ0v) is 8.51. The molecule has 0 aromatic carbocycles. The number of benzene rings is 1. The number of hydrogen-bond donors (Lipinski definition) is 4. The van der Waals surface area contributed by atoms with Gasteiger partial charge in [0.1, 0.15) is 5.69 Å². The number of nitrogens with one attached hydrogen (secondary N) is 2. The third kappa shape index (κ3) is 1.82. The number of aliphatic hydroxyl groups is 1. The van der Waals surface area contributed by atoms with Crippen LogP contribution in [0.15, 0.2) is 24.4 Å². The lowest BCUT2D eigenvalue weighted by Gasteiger charge is -2.12. The van der Waals surface area contributed by atoms with Crippen LogP contribution in [-0.4, -0.2) is 33.4 Å². The van der Waals surface area contributed by atoms with Crippen LogP contribution >= 0.6 is 0 Å². The van der Waals surface area contributed by atoms with Crippen LogP contribution in [0.3, 0.4) is 0 Å². The smallest absolute Gasteiger partial charge is 0.121 e. The number of rotatable bonds is 3. The number of aromatic nitrogens is 2. The van der Waals surface area contributed by atoms with Gasteiger partial charge in [-0.05, 0) is 18.2 Å². The van der Waals surface area contributed by atoms with E-state index in [1.807, 2.05) is 0 Å². The fourth-order valence-electron chi connectivity index (χ4n) is 1.51. The second kappa shape index (κ2) is 4.19. The summed E-state index contributed by atoms with van der Waals surface area (Å²) in [5, 5.41) is 32.7. The molecule has 0 saturated heterocycles. The molecule has 0 saturated carbocycles. The van der Waals surface area contributed by atoms with Gasteiger partial charge in [-0.2, -0.15) is 0 Å². The number of anilines is 1. The largest absolute Gasteiger partial charge is 0.412 e. The maximum Gasteiger partial charge on any atom is 0.121 e. The van der Waals surface area contributed by atoms with E-state index in [0.717, 1.165) is 11.3 Å². The summed E-state index contributed by atoms with van der Waals surface area (Å²) < 4.78 is 0. The van der Waals surface area contributed by atoms with E-state index in [9.17, 15) is 5.21 Å². The molecule has 6 nitrogen and oxygen atoms in total. The van der Waals surface area contributed by atoms with E-state index in [2.05, 4.69) is 10.4 Å². The van der Waals surface area contributed by atoms with E-state index >= 15 is 0 Å². The molecule has 16 heavy (non-hydrogen) atoms. The van der Waals surface area contributed by atoms with Crippen molar-refractivity contribution in [1.29, 1.82) is 5.41 Å². The van der Waals surface area contributed by atoms with Crippen molar-refractivity contribution in [2.45, 2.75) is 0 Å². The maximum absolute atomic E-state index is 9.18. The second-order valence-electron chi connectivity index (χ2n) is 3.31. The van der Waals surface area contributed by atoms with Crippen molar-refractivity contribution in [3.05, 3.63) is 29.8 Å². The second-order valence-corrected chi connectivity index (χ2v) is 3.31. The predicted octanol–water partition coefficient (Wildman–Crippen LogP) is 0.109. The molecular formula is C10H12N4O2. The Morgan fingerprint density at radius 2 is 2.19 bits per heavy atom. The number of nitrogens with zero attached hydrogens (tertiary/aromatic N) is 2. The van der Waals surface area contributed by atoms with Gasteiger partial charge in [-0.1, -0.05) is 0 Å². The van der Waals surface area contributed by atoms with Crippen LogP contribution in [0.2, 0.25) is 0 Å². The van der Waals surface area contributed by atoms with Gasteiger partial charge in [-0.3, -0.25) is 5.41 Å². The van der Waals surface area contributed by atoms with Crippen molar-refractivity contribution in [2.75, 3.05) is 18.5 Å². The van der Waals surface area contributed by atoms with Gasteiger partial charge in [0.15, 0.2) is 0 Å². The fourth-order valence-corrected chi connectivity index (χ4v) is 1.51. The zero-order chi connectivity index (χ0) is 11.5. The first-order chi connectivity index (χ1) is 7.72. The Bertz CT molecular complexity index is 523. The van der Waals surface area contributed by atoms with E-state index in [-0.39, 0.29) is 12.0 Å². The quantitative estimate of drug-likeness (QED) is 0.552. The molecule has 0 fully saturated rings. The summed E-state index contributed by atoms with van der Waals surface area (Å²) >= 11 is 0. The molecule has 2 rings (SSSR count). The molecule has 0 unspecified atom stereocenters. The topological polar surface area (TPSA) is 94.2 Å². The van der Waals surface area contributed by atoms with E-state index < -0.39 is 0 Å². The lowest BCUT2D eigenvalue weighted by Crippen LogP contribution is -2.15. The SMILES string of the molecule is N=c1ccc(NCCO)c2ccn(O)nc1-2. The summed E-state index contributed by atoms with van der Waals surface area (Å²) in [4.78, 5) is 0.677. The summed E-state index contributed by atoms with van der Waals surface area (Å²) in [5.74, 6) is 0. The van der Waals surface area contributed by atoms with Gasteiger partial charge < -0.3 is 15.6 Å². The third-order valence-electron chi connectivity index (χ3n) is 2.22. The van der Waals surface area contributed by atoms with E-state index in [1.165, 1.54) is 6.20 Å². The van der Waals surface area contributed by atoms with Crippen LogP contribution in [0, 0.1) is 5.41 Å². The standard InChI is InChI=1S/C10H12N4O2/c11-8-1-2-9(12-4-6-15)7-3-5-14(16)13-10(7)8/h1-3,5,11-12,15-16H,4,6H2. The first-order valence-corrected chi connectivity index (χ1v) is 4.83. The molecule has 2 aliphatic rings. The van der Waals surface area contributed by atoms with Gasteiger partial charge in [-0.25, -0.2) is 0 Å². The molecular weight excluding hydrogens is 208 g/mol. The van der Waals surface area contributed by atoms with Crippen LogP contribution < -0.4 is 10.7 Å². The Morgan fingerprint density at radius 3 is 2.94 bits per heavy atom. The normalized spacial score (nSPS) is 10.6. The summed E-state index contributed by atoms with van der Waals surface area (Å²) in [6, 6.07) is 5.01. The monoisotopic (exact) mass is 220 g/mol. The van der Waals surface area contributed by atoms with Crippen LogP contribution in [0.4, 0.5) is 5.69 Å². The Morgan fingerprint density at radius 1 is 1.38 bits per heavy atom. The van der Waals surface area contributed by atoms with E-state index in [4.69, 9.17) is 10.5 Å². The number of fused-ring (bicyclic) bond motifs is 1. The molecule has 4 N–H and O–H groups in total. The first-order valence-electron chi connectivity index (χ1n) is 4.83. The van der Waals surface area contributed by atoms with Crippen molar-refractivity contribution < 1.29 is 10.3 Å². The molecule has 0 radical (unpaired) electrons. The predicted molar refractivity (Wildman–Crippen MR) is 57.5 cm³/mol. The molecule has 6 heteroatoms. The van der Waals surface area contributed by atoms with Crippen LogP contribution in [-0.2, 0) is 0 Å². The maximum atomic E-state index is 9.18. The summed E-state index contributed by atoms with van der Waals surface area (Å²) in [5.41, 5.74) is 1.94. The summed E-state index contributed by atoms with van der Waals surface area (Å²) in [6.07, 6.45) is 1.39. The zero-order valence-electron chi connectivity index (χ0n) is 8.51. The van der Waals surface area contributed by atoms with Gasteiger partial charge in [0.25, 0.3) is 0 Å². The molecule has 1 heterocycles. The Hall–Kier alpha value is -2.08. The molecule has 0 atom stereocenters. The van der Waals surface area contributed by atoms with Crippen molar-refractivity contribution in [1.82, 2.24) is 9.94 Å². The number of hydrogen-bond acceptors (Lipinski definition) is 5. The third-order valence-corrected chi connectivity index (χ3v) is 2.22. The van der Waals surface area contributed by atoms with Gasteiger partial charge in [-0.15, -0.1) is 9.94 Å². The highest BCUT2D eigenvalue weighted by molar-refractivity contribution is 5.75. The van der Waals surface area contributed by atoms with Gasteiger partial charge >= 0.3 is 0 Å². The average Bonchev–Trinajstić information content (AvgIpc) is 2.29. The minimum Gasteiger partial charge on any atom is -0.412 e. The lowest BCUT2D eigenvalue weighted by molar-refractivity contribution is 0.144. The Kier molecular flexibility index (Phi) is 2.74. The Labute approximate surface area is 91.6 Å². The first kappa shape index (κ1) is 10.4. The Balaban J connectivity index is 2.53. The molecule has 0 amide bonds. The molecule has 1 aliphatic heterocycles. The minimum atomic E-state index is 0.0321. The van der Waals surface area contributed by atoms with Crippen molar-refractivity contribution in [2.24, 2.45) is 0 Å². The summed E-state index contributed by atoms with van der Waals surface area (Å²) in [7, 11) is 0. The molecule has 84 valence electrons. The molecule has 0 aromatic heterocycles. The molecule has 0 bridgehead atoms. The molecule has 0 spiro atoms. The minimum absolute atomic E-state index is 0.0321. The van der Waals surface area contributed by atoms with Crippen LogP contribution in [0.5, 0.6) is 0 Å². The van der Waals surface area contributed by atoms with Gasteiger partial charge in [0.2, 0.25) is 0 Å². The lowest BCUT2D eigenvalue weighted by atomic mass is 10.1. The van der Waals surface area contributed by atoms with Crippen LogP contribution in [0.25, 0.3) is 11.3 Å². The van der Waals surface area contributed by atoms with Gasteiger partial charge in [0, 0.05) is 17.8 Å². The van der Waals surface area contributed by atoms with E-state index in [1.54, 1.807) is 18.2 Å². The highest BCUT2D eigenvalue weighted by Crippen LogP contribution is 2.23. The van der Waals surface area contributed by atoms with Gasteiger partial charge in [0.05, 0.1) is 18.2 Å². The molecule has 0 aromatic rings. The fraction of sp³-hybridized carbons (Fsp3) is 0.200.